The van der Waals surface area contributed by atoms with Crippen molar-refractivity contribution in [2.24, 2.45) is 0 Å². The predicted molar refractivity (Wildman–Crippen MR) is 109 cm³/mol. The van der Waals surface area contributed by atoms with Crippen LogP contribution in [0.5, 0.6) is 0 Å². The summed E-state index contributed by atoms with van der Waals surface area (Å²) in [6.45, 7) is 7.26. The Morgan fingerprint density at radius 1 is 1.21 bits per heavy atom. The van der Waals surface area contributed by atoms with Gasteiger partial charge in [0.25, 0.3) is 5.91 Å². The highest BCUT2D eigenvalue weighted by Crippen LogP contribution is 2.23. The third-order valence-corrected chi connectivity index (χ3v) is 5.33. The first-order valence-corrected chi connectivity index (χ1v) is 9.96. The van der Waals surface area contributed by atoms with Crippen LogP contribution >= 0.6 is 11.6 Å². The van der Waals surface area contributed by atoms with Gasteiger partial charge in [0.15, 0.2) is 0 Å². The molecule has 0 spiro atoms. The van der Waals surface area contributed by atoms with Gasteiger partial charge < -0.3 is 19.5 Å². The van der Waals surface area contributed by atoms with E-state index in [2.05, 4.69) is 5.32 Å². The second-order valence-electron chi connectivity index (χ2n) is 7.03. The summed E-state index contributed by atoms with van der Waals surface area (Å²) in [6, 6.07) is 9.53. The number of nitrogens with one attached hydrogen (secondary N) is 1. The number of rotatable bonds is 4. The third-order valence-electron chi connectivity index (χ3n) is 5.10. The van der Waals surface area contributed by atoms with Crippen molar-refractivity contribution in [2.45, 2.75) is 39.7 Å². The molecule has 6 nitrogen and oxygen atoms in total. The van der Waals surface area contributed by atoms with E-state index in [1.807, 2.05) is 48.7 Å². The number of benzene rings is 1. The van der Waals surface area contributed by atoms with E-state index in [4.69, 9.17) is 16.3 Å². The van der Waals surface area contributed by atoms with E-state index < -0.39 is 0 Å². The van der Waals surface area contributed by atoms with Crippen molar-refractivity contribution < 1.29 is 14.3 Å². The van der Waals surface area contributed by atoms with E-state index in [-0.39, 0.29) is 18.0 Å². The van der Waals surface area contributed by atoms with E-state index in [1.54, 1.807) is 11.8 Å². The van der Waals surface area contributed by atoms with E-state index in [1.165, 1.54) is 0 Å². The largest absolute Gasteiger partial charge is 0.450 e. The topological polar surface area (TPSA) is 63.6 Å². The molecule has 2 amide bonds. The molecular formula is C21H26ClN3O3. The fourth-order valence-electron chi connectivity index (χ4n) is 3.69. The first kappa shape index (κ1) is 20.3. The van der Waals surface area contributed by atoms with Gasteiger partial charge in [-0.1, -0.05) is 17.7 Å². The van der Waals surface area contributed by atoms with E-state index in [0.29, 0.717) is 30.3 Å². The Morgan fingerprint density at radius 2 is 1.93 bits per heavy atom. The van der Waals surface area contributed by atoms with Gasteiger partial charge in [-0.25, -0.2) is 4.79 Å². The molecule has 1 aliphatic heterocycles. The van der Waals surface area contributed by atoms with Crippen LogP contribution < -0.4 is 5.32 Å². The average molecular weight is 404 g/mol. The smallest absolute Gasteiger partial charge is 0.409 e. The number of aryl methyl sites for hydroxylation is 1. The highest BCUT2D eigenvalue weighted by atomic mass is 35.5. The van der Waals surface area contributed by atoms with Crippen LogP contribution in [-0.4, -0.2) is 47.2 Å². The molecule has 1 saturated heterocycles. The summed E-state index contributed by atoms with van der Waals surface area (Å²) >= 11 is 6.12. The molecule has 0 saturated carbocycles. The molecule has 1 aromatic heterocycles. The van der Waals surface area contributed by atoms with Gasteiger partial charge in [-0.2, -0.15) is 0 Å². The Bertz CT molecular complexity index is 870. The van der Waals surface area contributed by atoms with Crippen molar-refractivity contribution in [1.29, 1.82) is 0 Å². The molecule has 0 radical (unpaired) electrons. The fraction of sp³-hybridized carbons (Fsp3) is 0.429. The van der Waals surface area contributed by atoms with Crippen LogP contribution in [0.3, 0.4) is 0 Å². The van der Waals surface area contributed by atoms with Gasteiger partial charge in [0.05, 0.1) is 12.2 Å². The van der Waals surface area contributed by atoms with E-state index in [0.717, 1.165) is 29.9 Å². The Hall–Kier alpha value is -2.47. The number of carbonyl (C=O) groups is 2. The Kier molecular flexibility index (Phi) is 6.29. The third kappa shape index (κ3) is 4.33. The molecule has 150 valence electrons. The van der Waals surface area contributed by atoms with Crippen LogP contribution in [0.2, 0.25) is 5.02 Å². The van der Waals surface area contributed by atoms with Gasteiger partial charge in [-0.05, 0) is 57.9 Å². The number of nitrogens with zero attached hydrogens (tertiary/aromatic N) is 2. The predicted octanol–water partition coefficient (Wildman–Crippen LogP) is 4.10. The molecule has 28 heavy (non-hydrogen) atoms. The number of halogens is 1. The maximum absolute atomic E-state index is 12.9. The van der Waals surface area contributed by atoms with Crippen molar-refractivity contribution in [3.05, 3.63) is 52.3 Å². The summed E-state index contributed by atoms with van der Waals surface area (Å²) in [4.78, 5) is 26.3. The van der Waals surface area contributed by atoms with Crippen molar-refractivity contribution >= 4 is 23.6 Å². The van der Waals surface area contributed by atoms with E-state index in [9.17, 15) is 9.59 Å². The Balaban J connectivity index is 1.68. The zero-order chi connectivity index (χ0) is 20.3. The molecule has 7 heteroatoms. The van der Waals surface area contributed by atoms with Gasteiger partial charge in [0, 0.05) is 41.2 Å². The summed E-state index contributed by atoms with van der Waals surface area (Å²) in [6.07, 6.45) is 1.16. The lowest BCUT2D eigenvalue weighted by Gasteiger charge is -2.31. The molecule has 1 aromatic carbocycles. The molecule has 0 unspecified atom stereocenters. The molecule has 1 fully saturated rings. The second kappa shape index (κ2) is 8.69. The van der Waals surface area contributed by atoms with Crippen LogP contribution in [0.25, 0.3) is 5.69 Å². The first-order chi connectivity index (χ1) is 13.4. The molecule has 1 aliphatic rings. The van der Waals surface area contributed by atoms with Gasteiger partial charge in [0.1, 0.15) is 0 Å². The lowest BCUT2D eigenvalue weighted by atomic mass is 10.0. The molecule has 0 bridgehead atoms. The average Bonchev–Trinajstić information content (AvgIpc) is 2.97. The van der Waals surface area contributed by atoms with Crippen LogP contribution in [-0.2, 0) is 4.74 Å². The van der Waals surface area contributed by atoms with Crippen molar-refractivity contribution in [2.75, 3.05) is 19.7 Å². The Labute approximate surface area is 170 Å². The fourth-order valence-corrected chi connectivity index (χ4v) is 3.87. The Morgan fingerprint density at radius 3 is 2.57 bits per heavy atom. The number of likely N-dealkylation sites (tertiary alicyclic amines) is 1. The van der Waals surface area contributed by atoms with Gasteiger partial charge in [-0.15, -0.1) is 0 Å². The highest BCUT2D eigenvalue weighted by molar-refractivity contribution is 6.30. The highest BCUT2D eigenvalue weighted by Gasteiger charge is 2.26. The molecule has 2 heterocycles. The van der Waals surface area contributed by atoms with E-state index >= 15 is 0 Å². The zero-order valence-corrected chi connectivity index (χ0v) is 17.3. The monoisotopic (exact) mass is 403 g/mol. The second-order valence-corrected chi connectivity index (χ2v) is 7.47. The van der Waals surface area contributed by atoms with Crippen molar-refractivity contribution in [3.63, 3.8) is 0 Å². The molecular weight excluding hydrogens is 378 g/mol. The summed E-state index contributed by atoms with van der Waals surface area (Å²) in [5.74, 6) is -0.0871. The zero-order valence-electron chi connectivity index (χ0n) is 16.5. The summed E-state index contributed by atoms with van der Waals surface area (Å²) in [5, 5.41) is 3.77. The molecule has 2 aromatic rings. The van der Waals surface area contributed by atoms with Gasteiger partial charge in [-0.3, -0.25) is 4.79 Å². The standard InChI is InChI=1S/C21H26ClN3O3/c1-4-28-21(27)24-10-8-17(9-11-24)23-20(26)19-12-14(2)25(15(19)3)18-7-5-6-16(22)13-18/h5-7,12-13,17H,4,8-11H2,1-3H3,(H,23,26). The van der Waals surface area contributed by atoms with Crippen molar-refractivity contribution in [3.8, 4) is 5.69 Å². The minimum Gasteiger partial charge on any atom is -0.450 e. The molecule has 1 N–H and O–H groups in total. The number of ether oxygens (including phenoxy) is 1. The van der Waals surface area contributed by atoms with Crippen LogP contribution in [0.1, 0.15) is 41.5 Å². The molecule has 0 aliphatic carbocycles. The minimum absolute atomic E-state index is 0.0485. The maximum Gasteiger partial charge on any atom is 0.409 e. The quantitative estimate of drug-likeness (QED) is 0.835. The summed E-state index contributed by atoms with van der Waals surface area (Å²) in [7, 11) is 0. The minimum atomic E-state index is -0.280. The lowest BCUT2D eigenvalue weighted by molar-refractivity contribution is 0.0859. The number of piperidine rings is 1. The normalized spacial score (nSPS) is 14.8. The lowest BCUT2D eigenvalue weighted by Crippen LogP contribution is -2.46. The number of hydrogen-bond acceptors (Lipinski definition) is 3. The number of aromatic nitrogens is 1. The maximum atomic E-state index is 12.9. The number of carbonyl (C=O) groups excluding carboxylic acids is 2. The number of amides is 2. The SMILES string of the molecule is CCOC(=O)N1CCC(NC(=O)c2cc(C)n(-c3cccc(Cl)c3)c2C)CC1. The summed E-state index contributed by atoms with van der Waals surface area (Å²) in [5.41, 5.74) is 3.44. The summed E-state index contributed by atoms with van der Waals surface area (Å²) < 4.78 is 7.07. The van der Waals surface area contributed by atoms with Crippen LogP contribution in [0, 0.1) is 13.8 Å². The van der Waals surface area contributed by atoms with Gasteiger partial charge in [0.2, 0.25) is 0 Å². The van der Waals surface area contributed by atoms with Crippen molar-refractivity contribution in [1.82, 2.24) is 14.8 Å². The first-order valence-electron chi connectivity index (χ1n) is 9.58. The van der Waals surface area contributed by atoms with Crippen LogP contribution in [0.4, 0.5) is 4.79 Å². The van der Waals surface area contributed by atoms with Crippen LogP contribution in [0.15, 0.2) is 30.3 Å². The van der Waals surface area contributed by atoms with Gasteiger partial charge >= 0.3 is 6.09 Å². The molecule has 3 rings (SSSR count). The molecule has 0 atom stereocenters. The number of hydrogen-bond donors (Lipinski definition) is 1.